The van der Waals surface area contributed by atoms with Gasteiger partial charge in [0.25, 0.3) is 0 Å². The van der Waals surface area contributed by atoms with E-state index in [0.717, 1.165) is 31.2 Å². The molecule has 1 aromatic carbocycles. The van der Waals surface area contributed by atoms with Gasteiger partial charge in [0.05, 0.1) is 13.5 Å². The number of halogens is 1. The Kier molecular flexibility index (Phi) is 7.64. The molecule has 4 nitrogen and oxygen atoms in total. The van der Waals surface area contributed by atoms with E-state index >= 15 is 0 Å². The van der Waals surface area contributed by atoms with Crippen LogP contribution in [-0.2, 0) is 14.3 Å². The second-order valence-electron chi connectivity index (χ2n) is 6.39. The van der Waals surface area contributed by atoms with E-state index in [9.17, 15) is 14.0 Å². The van der Waals surface area contributed by atoms with Crippen LogP contribution in [0.3, 0.4) is 0 Å². The van der Waals surface area contributed by atoms with Gasteiger partial charge in [-0.05, 0) is 36.6 Å². The van der Waals surface area contributed by atoms with Crippen LogP contribution < -0.4 is 0 Å². The lowest BCUT2D eigenvalue weighted by Gasteiger charge is -2.30. The molecule has 5 heteroatoms. The Hall–Kier alpha value is -2.17. The van der Waals surface area contributed by atoms with Gasteiger partial charge < -0.3 is 9.64 Å². The highest BCUT2D eigenvalue weighted by Crippen LogP contribution is 2.22. The fourth-order valence-corrected chi connectivity index (χ4v) is 3.19. The fraction of sp³-hybridized carbons (Fsp3) is 0.500. The van der Waals surface area contributed by atoms with Crippen molar-refractivity contribution in [1.29, 1.82) is 0 Å². The lowest BCUT2D eigenvalue weighted by atomic mass is 10.1. The van der Waals surface area contributed by atoms with Crippen molar-refractivity contribution < 1.29 is 18.7 Å². The predicted molar refractivity (Wildman–Crippen MR) is 95.3 cm³/mol. The summed E-state index contributed by atoms with van der Waals surface area (Å²) in [7, 11) is 1.36. The van der Waals surface area contributed by atoms with Gasteiger partial charge in [-0.15, -0.1) is 0 Å². The van der Waals surface area contributed by atoms with Crippen LogP contribution in [0.4, 0.5) is 4.39 Å². The number of amides is 1. The Labute approximate surface area is 148 Å². The smallest absolute Gasteiger partial charge is 0.307 e. The van der Waals surface area contributed by atoms with E-state index in [4.69, 9.17) is 4.74 Å². The van der Waals surface area contributed by atoms with Crippen molar-refractivity contribution in [3.8, 4) is 0 Å². The van der Waals surface area contributed by atoms with E-state index in [1.165, 1.54) is 38.2 Å². The number of hydrogen-bond acceptors (Lipinski definition) is 3. The van der Waals surface area contributed by atoms with Gasteiger partial charge in [-0.1, -0.05) is 37.8 Å². The summed E-state index contributed by atoms with van der Waals surface area (Å²) in [5.41, 5.74) is 0.767. The molecule has 1 aliphatic carbocycles. The van der Waals surface area contributed by atoms with Crippen LogP contribution in [0, 0.1) is 5.82 Å². The van der Waals surface area contributed by atoms with Crippen LogP contribution in [-0.4, -0.2) is 36.5 Å². The van der Waals surface area contributed by atoms with Crippen LogP contribution in [0.5, 0.6) is 0 Å². The molecule has 136 valence electrons. The average Bonchev–Trinajstić information content (AvgIpc) is 2.90. The molecular weight excluding hydrogens is 321 g/mol. The van der Waals surface area contributed by atoms with Crippen LogP contribution in [0.2, 0.25) is 0 Å². The third kappa shape index (κ3) is 6.33. The number of methoxy groups -OCH3 is 1. The summed E-state index contributed by atoms with van der Waals surface area (Å²) in [6, 6.07) is 6.15. The summed E-state index contributed by atoms with van der Waals surface area (Å²) in [5, 5.41) is 0. The highest BCUT2D eigenvalue weighted by molar-refractivity contribution is 5.92. The maximum absolute atomic E-state index is 13.0. The average molecular weight is 347 g/mol. The second-order valence-corrected chi connectivity index (χ2v) is 6.39. The Morgan fingerprint density at radius 3 is 2.40 bits per heavy atom. The first-order valence-electron chi connectivity index (χ1n) is 8.91. The zero-order valence-corrected chi connectivity index (χ0v) is 14.7. The standard InChI is InChI=1S/C20H26FNO3/c1-25-20(24)14-15-22(18-6-4-2-3-5-7-18)19(23)13-10-16-8-11-17(21)12-9-16/h8-13,18H,2-7,14-15H2,1H3/b13-10+. The molecule has 0 saturated heterocycles. The number of benzene rings is 1. The van der Waals surface area contributed by atoms with Crippen LogP contribution >= 0.6 is 0 Å². The van der Waals surface area contributed by atoms with Gasteiger partial charge in [0.15, 0.2) is 0 Å². The Morgan fingerprint density at radius 2 is 1.80 bits per heavy atom. The minimum absolute atomic E-state index is 0.111. The first-order valence-corrected chi connectivity index (χ1v) is 8.91. The Balaban J connectivity index is 2.07. The summed E-state index contributed by atoms with van der Waals surface area (Å²) in [6.07, 6.45) is 9.93. The van der Waals surface area contributed by atoms with Crippen molar-refractivity contribution in [1.82, 2.24) is 4.90 Å². The normalized spacial score (nSPS) is 15.8. The molecule has 0 bridgehead atoms. The van der Waals surface area contributed by atoms with E-state index < -0.39 is 0 Å². The largest absolute Gasteiger partial charge is 0.469 e. The van der Waals surface area contributed by atoms with E-state index in [1.807, 2.05) is 0 Å². The van der Waals surface area contributed by atoms with Crippen molar-refractivity contribution in [3.05, 3.63) is 41.7 Å². The van der Waals surface area contributed by atoms with Gasteiger partial charge in [0, 0.05) is 18.7 Å². The van der Waals surface area contributed by atoms with Crippen LogP contribution in [0.1, 0.15) is 50.5 Å². The number of esters is 1. The minimum Gasteiger partial charge on any atom is -0.469 e. The molecule has 1 fully saturated rings. The highest BCUT2D eigenvalue weighted by atomic mass is 19.1. The summed E-state index contributed by atoms with van der Waals surface area (Å²) < 4.78 is 17.7. The van der Waals surface area contributed by atoms with Crippen molar-refractivity contribution >= 4 is 18.0 Å². The molecular formula is C20H26FNO3. The fourth-order valence-electron chi connectivity index (χ4n) is 3.19. The van der Waals surface area contributed by atoms with Crippen molar-refractivity contribution in [3.63, 3.8) is 0 Å². The van der Waals surface area contributed by atoms with Gasteiger partial charge in [0.1, 0.15) is 5.82 Å². The van der Waals surface area contributed by atoms with Gasteiger partial charge in [-0.3, -0.25) is 9.59 Å². The molecule has 0 atom stereocenters. The monoisotopic (exact) mass is 347 g/mol. The van der Waals surface area contributed by atoms with Crippen LogP contribution in [0.15, 0.2) is 30.3 Å². The molecule has 1 amide bonds. The van der Waals surface area contributed by atoms with Crippen molar-refractivity contribution in [2.24, 2.45) is 0 Å². The summed E-state index contributed by atoms with van der Waals surface area (Å²) in [6.45, 7) is 0.365. The molecule has 0 aliphatic heterocycles. The van der Waals surface area contributed by atoms with E-state index in [1.54, 1.807) is 23.1 Å². The van der Waals surface area contributed by atoms with Crippen molar-refractivity contribution in [2.75, 3.05) is 13.7 Å². The third-order valence-electron chi connectivity index (χ3n) is 4.62. The molecule has 0 N–H and O–H groups in total. The number of nitrogens with zero attached hydrogens (tertiary/aromatic N) is 1. The van der Waals surface area contributed by atoms with Gasteiger partial charge in [-0.25, -0.2) is 4.39 Å². The number of ether oxygens (including phenoxy) is 1. The molecule has 0 radical (unpaired) electrons. The number of carbonyl (C=O) groups is 2. The zero-order chi connectivity index (χ0) is 18.1. The lowest BCUT2D eigenvalue weighted by Crippen LogP contribution is -2.40. The summed E-state index contributed by atoms with van der Waals surface area (Å²) in [4.78, 5) is 26.0. The lowest BCUT2D eigenvalue weighted by molar-refractivity contribution is -0.141. The van der Waals surface area contributed by atoms with E-state index in [-0.39, 0.29) is 30.2 Å². The van der Waals surface area contributed by atoms with E-state index in [2.05, 4.69) is 0 Å². The maximum Gasteiger partial charge on any atom is 0.307 e. The topological polar surface area (TPSA) is 46.6 Å². The van der Waals surface area contributed by atoms with Gasteiger partial charge in [-0.2, -0.15) is 0 Å². The van der Waals surface area contributed by atoms with Crippen molar-refractivity contribution in [2.45, 2.75) is 51.0 Å². The maximum atomic E-state index is 13.0. The SMILES string of the molecule is COC(=O)CCN(C(=O)/C=C/c1ccc(F)cc1)C1CCCCCC1. The number of rotatable bonds is 6. The minimum atomic E-state index is -0.311. The molecule has 1 saturated carbocycles. The van der Waals surface area contributed by atoms with Crippen LogP contribution in [0.25, 0.3) is 6.08 Å². The molecule has 0 unspecified atom stereocenters. The molecule has 1 aromatic rings. The molecule has 0 aromatic heterocycles. The molecule has 0 spiro atoms. The zero-order valence-electron chi connectivity index (χ0n) is 14.7. The number of carbonyl (C=O) groups excluding carboxylic acids is 2. The van der Waals surface area contributed by atoms with Gasteiger partial charge >= 0.3 is 5.97 Å². The third-order valence-corrected chi connectivity index (χ3v) is 4.62. The Bertz CT molecular complexity index is 589. The first-order chi connectivity index (χ1) is 12.1. The Morgan fingerprint density at radius 1 is 1.16 bits per heavy atom. The van der Waals surface area contributed by atoms with Gasteiger partial charge in [0.2, 0.25) is 5.91 Å². The first kappa shape index (κ1) is 19.2. The predicted octanol–water partition coefficient (Wildman–Crippen LogP) is 3.95. The molecule has 25 heavy (non-hydrogen) atoms. The van der Waals surface area contributed by atoms with E-state index in [0.29, 0.717) is 6.54 Å². The molecule has 1 aliphatic rings. The quantitative estimate of drug-likeness (QED) is 0.445. The summed E-state index contributed by atoms with van der Waals surface area (Å²) >= 11 is 0. The number of hydrogen-bond donors (Lipinski definition) is 0. The highest BCUT2D eigenvalue weighted by Gasteiger charge is 2.23. The summed E-state index contributed by atoms with van der Waals surface area (Å²) in [5.74, 6) is -0.726. The molecule has 2 rings (SSSR count). The molecule has 0 heterocycles. The second kappa shape index (κ2) is 9.97.